The lowest BCUT2D eigenvalue weighted by Crippen LogP contribution is -2.39. The zero-order valence-corrected chi connectivity index (χ0v) is 13.6. The minimum Gasteiger partial charge on any atom is -0.480 e. The number of likely N-dealkylation sites (tertiary alicyclic amines) is 1. The van der Waals surface area contributed by atoms with E-state index in [1.807, 2.05) is 30.3 Å². The number of carbonyl (C=O) groups is 1. The van der Waals surface area contributed by atoms with Crippen molar-refractivity contribution in [3.63, 3.8) is 0 Å². The number of aromatic nitrogens is 1. The number of nitrogens with zero attached hydrogens (tertiary/aromatic N) is 2. The lowest BCUT2D eigenvalue weighted by molar-refractivity contribution is -0.142. The second-order valence-electron chi connectivity index (χ2n) is 5.47. The van der Waals surface area contributed by atoms with Crippen molar-refractivity contribution in [1.82, 2.24) is 9.88 Å². The molecule has 114 valence electrons. The Morgan fingerprint density at radius 1 is 1.27 bits per heavy atom. The van der Waals surface area contributed by atoms with E-state index in [2.05, 4.69) is 31.9 Å². The maximum absolute atomic E-state index is 11.6. The van der Waals surface area contributed by atoms with Gasteiger partial charge in [0.15, 0.2) is 0 Å². The van der Waals surface area contributed by atoms with Crippen molar-refractivity contribution in [3.8, 4) is 0 Å². The van der Waals surface area contributed by atoms with Crippen molar-refractivity contribution in [2.45, 2.75) is 24.9 Å². The first-order valence-corrected chi connectivity index (χ1v) is 8.10. The molecule has 2 aromatic rings. The van der Waals surface area contributed by atoms with Gasteiger partial charge in [-0.1, -0.05) is 28.1 Å². The van der Waals surface area contributed by atoms with Crippen LogP contribution in [0.4, 0.5) is 0 Å². The zero-order chi connectivity index (χ0) is 15.5. The van der Waals surface area contributed by atoms with Crippen LogP contribution < -0.4 is 0 Å². The van der Waals surface area contributed by atoms with E-state index in [1.165, 1.54) is 0 Å². The number of halogens is 1. The second-order valence-corrected chi connectivity index (χ2v) is 6.39. The molecule has 2 heterocycles. The zero-order valence-electron chi connectivity index (χ0n) is 12.0. The molecule has 0 aliphatic carbocycles. The Balaban J connectivity index is 2.05. The second kappa shape index (κ2) is 6.58. The van der Waals surface area contributed by atoms with Gasteiger partial charge >= 0.3 is 5.97 Å². The number of hydrogen-bond donors (Lipinski definition) is 1. The predicted octanol–water partition coefficient (Wildman–Crippen LogP) is 3.48. The number of benzene rings is 1. The molecule has 0 amide bonds. The van der Waals surface area contributed by atoms with Gasteiger partial charge in [-0.25, -0.2) is 0 Å². The van der Waals surface area contributed by atoms with E-state index in [1.54, 1.807) is 12.4 Å². The van der Waals surface area contributed by atoms with Crippen molar-refractivity contribution >= 4 is 21.9 Å². The topological polar surface area (TPSA) is 53.4 Å². The van der Waals surface area contributed by atoms with Crippen molar-refractivity contribution in [2.75, 3.05) is 6.54 Å². The van der Waals surface area contributed by atoms with Gasteiger partial charge in [-0.15, -0.1) is 0 Å². The fourth-order valence-corrected chi connectivity index (χ4v) is 3.58. The average Bonchev–Trinajstić information content (AvgIpc) is 2.98. The van der Waals surface area contributed by atoms with Gasteiger partial charge in [-0.3, -0.25) is 14.7 Å². The molecule has 1 saturated heterocycles. The summed E-state index contributed by atoms with van der Waals surface area (Å²) >= 11 is 3.51. The number of rotatable bonds is 4. The quantitative estimate of drug-likeness (QED) is 0.906. The normalized spacial score (nSPS) is 20.0. The van der Waals surface area contributed by atoms with Crippen LogP contribution in [-0.2, 0) is 4.79 Å². The van der Waals surface area contributed by atoms with Crippen LogP contribution in [0.25, 0.3) is 0 Å². The van der Waals surface area contributed by atoms with E-state index in [-0.39, 0.29) is 6.04 Å². The Bertz CT molecular complexity index is 663. The maximum atomic E-state index is 11.6. The number of pyridine rings is 1. The van der Waals surface area contributed by atoms with E-state index in [9.17, 15) is 9.90 Å². The van der Waals surface area contributed by atoms with E-state index in [0.29, 0.717) is 6.42 Å². The van der Waals surface area contributed by atoms with Gasteiger partial charge in [0.2, 0.25) is 0 Å². The molecule has 0 bridgehead atoms. The third-order valence-electron chi connectivity index (χ3n) is 4.10. The van der Waals surface area contributed by atoms with Crippen molar-refractivity contribution in [2.24, 2.45) is 0 Å². The third-order valence-corrected chi connectivity index (χ3v) is 4.59. The molecule has 1 aliphatic heterocycles. The van der Waals surface area contributed by atoms with Crippen LogP contribution in [0.2, 0.25) is 0 Å². The summed E-state index contributed by atoms with van der Waals surface area (Å²) in [6.45, 7) is 0.788. The Morgan fingerprint density at radius 3 is 2.73 bits per heavy atom. The molecule has 2 unspecified atom stereocenters. The monoisotopic (exact) mass is 360 g/mol. The Kier molecular flexibility index (Phi) is 4.55. The van der Waals surface area contributed by atoms with Crippen LogP contribution >= 0.6 is 15.9 Å². The Labute approximate surface area is 137 Å². The summed E-state index contributed by atoms with van der Waals surface area (Å²) in [5.41, 5.74) is 2.16. The molecule has 5 heteroatoms. The van der Waals surface area contributed by atoms with Crippen molar-refractivity contribution in [3.05, 3.63) is 64.4 Å². The summed E-state index contributed by atoms with van der Waals surface area (Å²) in [5.74, 6) is -0.744. The summed E-state index contributed by atoms with van der Waals surface area (Å²) in [4.78, 5) is 17.7. The molecule has 1 aromatic heterocycles. The highest BCUT2D eigenvalue weighted by atomic mass is 79.9. The van der Waals surface area contributed by atoms with Gasteiger partial charge in [-0.05, 0) is 48.2 Å². The highest BCUT2D eigenvalue weighted by molar-refractivity contribution is 9.10. The molecule has 1 aliphatic rings. The minimum absolute atomic E-state index is 0.0656. The highest BCUT2D eigenvalue weighted by Crippen LogP contribution is 2.35. The molecular weight excluding hydrogens is 344 g/mol. The first-order chi connectivity index (χ1) is 10.7. The molecule has 3 rings (SSSR count). The third kappa shape index (κ3) is 3.05. The minimum atomic E-state index is -0.744. The van der Waals surface area contributed by atoms with Gasteiger partial charge in [0.25, 0.3) is 0 Å². The predicted molar refractivity (Wildman–Crippen MR) is 87.6 cm³/mol. The fraction of sp³-hybridized carbons (Fsp3) is 0.294. The highest BCUT2D eigenvalue weighted by Gasteiger charge is 2.36. The summed E-state index contributed by atoms with van der Waals surface area (Å²) in [5, 5.41) is 9.52. The van der Waals surface area contributed by atoms with Crippen LogP contribution in [0.5, 0.6) is 0 Å². The van der Waals surface area contributed by atoms with E-state index < -0.39 is 12.0 Å². The number of carboxylic acids is 1. The lowest BCUT2D eigenvalue weighted by Gasteiger charge is -2.32. The van der Waals surface area contributed by atoms with Gasteiger partial charge in [-0.2, -0.15) is 0 Å². The van der Waals surface area contributed by atoms with Gasteiger partial charge in [0, 0.05) is 23.4 Å². The molecule has 1 aromatic carbocycles. The summed E-state index contributed by atoms with van der Waals surface area (Å²) in [6, 6.07) is 11.5. The van der Waals surface area contributed by atoms with E-state index in [0.717, 1.165) is 28.6 Å². The molecule has 1 N–H and O–H groups in total. The van der Waals surface area contributed by atoms with Crippen LogP contribution in [-0.4, -0.2) is 33.5 Å². The first-order valence-electron chi connectivity index (χ1n) is 7.31. The molecule has 0 radical (unpaired) electrons. The Hall–Kier alpha value is -1.72. The number of hydrogen-bond acceptors (Lipinski definition) is 3. The van der Waals surface area contributed by atoms with E-state index in [4.69, 9.17) is 0 Å². The standard InChI is InChI=1S/C17H17BrN2O2/c18-14-4-1-3-13(11-14)16(12-6-8-19-9-7-12)20-10-2-5-15(20)17(21)22/h1,3-4,6-9,11,15-16H,2,5,10H2,(H,21,22). The molecule has 2 atom stereocenters. The SMILES string of the molecule is O=C(O)C1CCCN1C(c1ccncc1)c1cccc(Br)c1. The summed E-state index contributed by atoms with van der Waals surface area (Å²) < 4.78 is 0.995. The van der Waals surface area contributed by atoms with Gasteiger partial charge in [0.1, 0.15) is 6.04 Å². The molecule has 22 heavy (non-hydrogen) atoms. The Morgan fingerprint density at radius 2 is 2.05 bits per heavy atom. The summed E-state index contributed by atoms with van der Waals surface area (Å²) in [7, 11) is 0. The molecular formula is C17H17BrN2O2. The average molecular weight is 361 g/mol. The maximum Gasteiger partial charge on any atom is 0.320 e. The van der Waals surface area contributed by atoms with Crippen LogP contribution in [0, 0.1) is 0 Å². The smallest absolute Gasteiger partial charge is 0.320 e. The van der Waals surface area contributed by atoms with E-state index >= 15 is 0 Å². The largest absolute Gasteiger partial charge is 0.480 e. The lowest BCUT2D eigenvalue weighted by atomic mass is 9.97. The van der Waals surface area contributed by atoms with Crippen LogP contribution in [0.1, 0.15) is 30.0 Å². The molecule has 1 fully saturated rings. The van der Waals surface area contributed by atoms with Crippen LogP contribution in [0.3, 0.4) is 0 Å². The van der Waals surface area contributed by atoms with Crippen molar-refractivity contribution < 1.29 is 9.90 Å². The number of carboxylic acid groups (broad SMARTS) is 1. The molecule has 0 spiro atoms. The molecule has 0 saturated carbocycles. The van der Waals surface area contributed by atoms with Crippen LogP contribution in [0.15, 0.2) is 53.3 Å². The van der Waals surface area contributed by atoms with Gasteiger partial charge in [0.05, 0.1) is 6.04 Å². The molecule has 4 nitrogen and oxygen atoms in total. The summed E-state index contributed by atoms with van der Waals surface area (Å²) in [6.07, 6.45) is 5.12. The fourth-order valence-electron chi connectivity index (χ4n) is 3.16. The number of aliphatic carboxylic acids is 1. The first kappa shape index (κ1) is 15.2. The van der Waals surface area contributed by atoms with Crippen molar-refractivity contribution in [1.29, 1.82) is 0 Å². The van der Waals surface area contributed by atoms with Gasteiger partial charge < -0.3 is 5.11 Å².